The summed E-state index contributed by atoms with van der Waals surface area (Å²) >= 11 is 0. The molecule has 7 heteroatoms. The average molecular weight is 463 g/mol. The van der Waals surface area contributed by atoms with Gasteiger partial charge in [0.25, 0.3) is 0 Å². The fraction of sp³-hybridized carbons (Fsp3) is 0.296. The normalized spacial score (nSPS) is 13.3. The molecule has 0 atom stereocenters. The van der Waals surface area contributed by atoms with Crippen molar-refractivity contribution >= 4 is 17.3 Å². The molecule has 34 heavy (non-hydrogen) atoms. The summed E-state index contributed by atoms with van der Waals surface area (Å²) in [4.78, 5) is 14.6. The molecule has 0 bridgehead atoms. The maximum Gasteiger partial charge on any atom is 0.340 e. The molecule has 1 heterocycles. The van der Waals surface area contributed by atoms with Crippen LogP contribution in [0.3, 0.4) is 0 Å². The van der Waals surface area contributed by atoms with Gasteiger partial charge in [0.1, 0.15) is 6.61 Å². The third-order valence-corrected chi connectivity index (χ3v) is 5.72. The van der Waals surface area contributed by atoms with Crippen molar-refractivity contribution in [2.75, 3.05) is 50.7 Å². The number of carbonyl (C=O) groups excluding carboxylic acids is 1. The number of rotatable bonds is 9. The Labute approximate surface area is 200 Å². The van der Waals surface area contributed by atoms with Crippen LogP contribution in [-0.2, 0) is 22.6 Å². The van der Waals surface area contributed by atoms with Gasteiger partial charge in [-0.25, -0.2) is 4.79 Å². The van der Waals surface area contributed by atoms with Gasteiger partial charge >= 0.3 is 5.97 Å². The molecule has 7 nitrogen and oxygen atoms in total. The van der Waals surface area contributed by atoms with Gasteiger partial charge in [-0.1, -0.05) is 36.4 Å². The lowest BCUT2D eigenvalue weighted by Crippen LogP contribution is -2.37. The Bertz CT molecular complexity index is 1100. The lowest BCUT2D eigenvalue weighted by Gasteiger charge is -2.30. The summed E-state index contributed by atoms with van der Waals surface area (Å²) < 4.78 is 22.0. The monoisotopic (exact) mass is 462 g/mol. The molecule has 0 aliphatic carbocycles. The Hall–Kier alpha value is -3.71. The Kier molecular flexibility index (Phi) is 7.88. The third-order valence-electron chi connectivity index (χ3n) is 5.72. The second kappa shape index (κ2) is 11.4. The van der Waals surface area contributed by atoms with E-state index in [2.05, 4.69) is 10.2 Å². The zero-order chi connectivity index (χ0) is 23.8. The smallest absolute Gasteiger partial charge is 0.340 e. The molecule has 1 aliphatic heterocycles. The van der Waals surface area contributed by atoms with E-state index in [1.165, 1.54) is 7.11 Å². The Balaban J connectivity index is 1.44. The van der Waals surface area contributed by atoms with Crippen LogP contribution in [0.5, 0.6) is 11.5 Å². The second-order valence-corrected chi connectivity index (χ2v) is 7.94. The van der Waals surface area contributed by atoms with Crippen LogP contribution in [0.15, 0.2) is 66.7 Å². The number of nitrogens with zero attached hydrogens (tertiary/aromatic N) is 1. The van der Waals surface area contributed by atoms with Crippen LogP contribution >= 0.6 is 0 Å². The summed E-state index contributed by atoms with van der Waals surface area (Å²) in [6, 6.07) is 21.7. The Morgan fingerprint density at radius 3 is 2.47 bits per heavy atom. The number of hydrogen-bond acceptors (Lipinski definition) is 7. The van der Waals surface area contributed by atoms with E-state index in [0.29, 0.717) is 43.4 Å². The molecule has 0 radical (unpaired) electrons. The highest BCUT2D eigenvalue weighted by Gasteiger charge is 2.20. The first-order valence-corrected chi connectivity index (χ1v) is 11.3. The number of morpholine rings is 1. The predicted molar refractivity (Wildman–Crippen MR) is 132 cm³/mol. The first-order chi connectivity index (χ1) is 16.7. The van der Waals surface area contributed by atoms with Crippen LogP contribution in [0, 0.1) is 0 Å². The molecule has 0 saturated carbocycles. The van der Waals surface area contributed by atoms with Gasteiger partial charge in [-0.15, -0.1) is 0 Å². The van der Waals surface area contributed by atoms with Crippen molar-refractivity contribution in [1.82, 2.24) is 0 Å². The number of ether oxygens (including phenoxy) is 4. The topological polar surface area (TPSA) is 69.3 Å². The molecule has 4 rings (SSSR count). The SMILES string of the molecule is COC(=O)c1cc(NCc2ccc(OCc3ccccc3)c(OC)c2)ccc1N1CCOCC1. The van der Waals surface area contributed by atoms with E-state index in [1.54, 1.807) is 7.11 Å². The van der Waals surface area contributed by atoms with Crippen molar-refractivity contribution in [3.63, 3.8) is 0 Å². The van der Waals surface area contributed by atoms with Gasteiger partial charge in [-0.2, -0.15) is 0 Å². The van der Waals surface area contributed by atoms with E-state index < -0.39 is 0 Å². The summed E-state index contributed by atoms with van der Waals surface area (Å²) in [5, 5.41) is 3.39. The highest BCUT2D eigenvalue weighted by molar-refractivity contribution is 5.97. The molecule has 3 aromatic rings. The van der Waals surface area contributed by atoms with E-state index in [1.807, 2.05) is 66.7 Å². The average Bonchev–Trinajstić information content (AvgIpc) is 2.91. The van der Waals surface area contributed by atoms with E-state index >= 15 is 0 Å². The molecule has 1 aliphatic rings. The van der Waals surface area contributed by atoms with Gasteiger partial charge in [0.05, 0.1) is 38.7 Å². The highest BCUT2D eigenvalue weighted by atomic mass is 16.5. The van der Waals surface area contributed by atoms with E-state index in [0.717, 1.165) is 35.6 Å². The predicted octanol–water partition coefficient (Wildman–Crippen LogP) is 4.51. The summed E-state index contributed by atoms with van der Waals surface area (Å²) in [6.07, 6.45) is 0. The zero-order valence-electron chi connectivity index (χ0n) is 19.6. The van der Waals surface area contributed by atoms with Gasteiger partial charge in [0.2, 0.25) is 0 Å². The lowest BCUT2D eigenvalue weighted by atomic mass is 10.1. The van der Waals surface area contributed by atoms with E-state index in [9.17, 15) is 4.79 Å². The van der Waals surface area contributed by atoms with Gasteiger partial charge < -0.3 is 29.2 Å². The lowest BCUT2D eigenvalue weighted by molar-refractivity contribution is 0.0600. The summed E-state index contributed by atoms with van der Waals surface area (Å²) in [5.74, 6) is 1.01. The number of nitrogens with one attached hydrogen (secondary N) is 1. The van der Waals surface area contributed by atoms with Crippen molar-refractivity contribution in [1.29, 1.82) is 0 Å². The first kappa shape index (κ1) is 23.4. The van der Waals surface area contributed by atoms with Crippen molar-refractivity contribution in [2.45, 2.75) is 13.2 Å². The molecule has 1 fully saturated rings. The first-order valence-electron chi connectivity index (χ1n) is 11.3. The van der Waals surface area contributed by atoms with Crippen LogP contribution in [0.4, 0.5) is 11.4 Å². The van der Waals surface area contributed by atoms with Crippen LogP contribution in [0.2, 0.25) is 0 Å². The molecule has 178 valence electrons. The fourth-order valence-corrected chi connectivity index (χ4v) is 3.88. The molecule has 1 saturated heterocycles. The Morgan fingerprint density at radius 2 is 1.74 bits per heavy atom. The minimum Gasteiger partial charge on any atom is -0.493 e. The molecular formula is C27H30N2O5. The summed E-state index contributed by atoms with van der Waals surface area (Å²) in [6.45, 7) is 3.82. The van der Waals surface area contributed by atoms with Crippen molar-refractivity contribution < 1.29 is 23.7 Å². The molecule has 0 amide bonds. The summed E-state index contributed by atoms with van der Waals surface area (Å²) in [5.41, 5.74) is 4.36. The van der Waals surface area contributed by atoms with Gasteiger partial charge in [-0.3, -0.25) is 0 Å². The number of anilines is 2. The van der Waals surface area contributed by atoms with Gasteiger partial charge in [0.15, 0.2) is 11.5 Å². The molecular weight excluding hydrogens is 432 g/mol. The summed E-state index contributed by atoms with van der Waals surface area (Å²) in [7, 11) is 3.04. The molecule has 0 aromatic heterocycles. The number of esters is 1. The molecule has 3 aromatic carbocycles. The van der Waals surface area contributed by atoms with Crippen molar-refractivity contribution in [3.8, 4) is 11.5 Å². The second-order valence-electron chi connectivity index (χ2n) is 7.94. The minimum atomic E-state index is -0.355. The van der Waals surface area contributed by atoms with E-state index in [-0.39, 0.29) is 5.97 Å². The largest absolute Gasteiger partial charge is 0.493 e. The minimum absolute atomic E-state index is 0.355. The van der Waals surface area contributed by atoms with Gasteiger partial charge in [0, 0.05) is 25.3 Å². The van der Waals surface area contributed by atoms with Crippen LogP contribution < -0.4 is 19.7 Å². The zero-order valence-corrected chi connectivity index (χ0v) is 19.6. The highest BCUT2D eigenvalue weighted by Crippen LogP contribution is 2.30. The fourth-order valence-electron chi connectivity index (χ4n) is 3.88. The van der Waals surface area contributed by atoms with Crippen LogP contribution in [-0.4, -0.2) is 46.5 Å². The van der Waals surface area contributed by atoms with Crippen LogP contribution in [0.25, 0.3) is 0 Å². The molecule has 0 spiro atoms. The number of hydrogen-bond donors (Lipinski definition) is 1. The maximum atomic E-state index is 12.5. The number of methoxy groups -OCH3 is 2. The van der Waals surface area contributed by atoms with Crippen molar-refractivity contribution in [2.24, 2.45) is 0 Å². The van der Waals surface area contributed by atoms with E-state index in [4.69, 9.17) is 18.9 Å². The van der Waals surface area contributed by atoms with Crippen LogP contribution in [0.1, 0.15) is 21.5 Å². The number of benzene rings is 3. The molecule has 1 N–H and O–H groups in total. The Morgan fingerprint density at radius 1 is 0.941 bits per heavy atom. The third kappa shape index (κ3) is 5.80. The molecule has 0 unspecified atom stereocenters. The van der Waals surface area contributed by atoms with Crippen molar-refractivity contribution in [3.05, 3.63) is 83.4 Å². The standard InChI is InChI=1S/C27H30N2O5/c1-31-26-16-21(8-11-25(26)34-19-20-6-4-3-5-7-20)18-28-22-9-10-24(23(17-22)27(30)32-2)29-12-14-33-15-13-29/h3-11,16-17,28H,12-15,18-19H2,1-2H3. The maximum absolute atomic E-state index is 12.5. The quantitative estimate of drug-likeness (QED) is 0.469. The van der Waals surface area contributed by atoms with Gasteiger partial charge in [-0.05, 0) is 41.5 Å². The number of carbonyl (C=O) groups is 1.